The van der Waals surface area contributed by atoms with Crippen LogP contribution in [-0.2, 0) is 0 Å². The van der Waals surface area contributed by atoms with Crippen LogP contribution in [0, 0.1) is 9.49 Å². The number of piperidine rings is 1. The first-order valence-corrected chi connectivity index (χ1v) is 7.52. The third kappa shape index (κ3) is 3.39. The average Bonchev–Trinajstić information content (AvgIpc) is 2.41. The van der Waals surface area contributed by atoms with Crippen molar-refractivity contribution in [3.63, 3.8) is 0 Å². The lowest BCUT2D eigenvalue weighted by Gasteiger charge is -2.33. The van der Waals surface area contributed by atoms with Crippen LogP contribution in [0.5, 0.6) is 5.75 Å². The normalized spacial score (nSPS) is 18.4. The highest BCUT2D eigenvalue weighted by molar-refractivity contribution is 14.1. The number of carbonyl (C=O) groups excluding carboxylic acids is 1. The smallest absolute Gasteiger partial charge is 0.257 e. The van der Waals surface area contributed by atoms with Gasteiger partial charge in [-0.05, 0) is 66.5 Å². The predicted molar refractivity (Wildman–Crippen MR) is 81.1 cm³/mol. The monoisotopic (exact) mass is 375 g/mol. The van der Waals surface area contributed by atoms with Crippen LogP contribution in [0.2, 0.25) is 0 Å². The van der Waals surface area contributed by atoms with Gasteiger partial charge in [0, 0.05) is 16.7 Å². The maximum Gasteiger partial charge on any atom is 0.257 e. The van der Waals surface area contributed by atoms with Gasteiger partial charge in [0.05, 0.1) is 11.7 Å². The van der Waals surface area contributed by atoms with E-state index in [9.17, 15) is 15.0 Å². The molecule has 0 radical (unpaired) electrons. The Kier molecular flexibility index (Phi) is 4.67. The molecule has 104 valence electrons. The Morgan fingerprint density at radius 1 is 1.42 bits per heavy atom. The Morgan fingerprint density at radius 3 is 2.63 bits per heavy atom. The fraction of sp³-hybridized carbons (Fsp3) is 0.500. The number of halogens is 1. The Balaban J connectivity index is 2.07. The van der Waals surface area contributed by atoms with E-state index in [1.165, 1.54) is 0 Å². The quantitative estimate of drug-likeness (QED) is 0.780. The fourth-order valence-corrected chi connectivity index (χ4v) is 2.93. The fourth-order valence-electron chi connectivity index (χ4n) is 2.43. The van der Waals surface area contributed by atoms with E-state index < -0.39 is 0 Å². The van der Waals surface area contributed by atoms with Crippen molar-refractivity contribution in [3.05, 3.63) is 27.3 Å². The zero-order valence-corrected chi connectivity index (χ0v) is 13.0. The number of rotatable bonds is 2. The summed E-state index contributed by atoms with van der Waals surface area (Å²) in [7, 11) is 0. The van der Waals surface area contributed by atoms with Crippen molar-refractivity contribution in [3.8, 4) is 5.75 Å². The van der Waals surface area contributed by atoms with Crippen LogP contribution in [0.4, 0.5) is 0 Å². The number of hydrogen-bond donors (Lipinski definition) is 2. The standard InChI is InChI=1S/C14H18INO3/c1-9(17)10-4-6-16(7-5-10)14(19)12-8-11(15)2-3-13(12)18/h2-3,8-10,17-18H,4-7H2,1H3. The summed E-state index contributed by atoms with van der Waals surface area (Å²) in [6.07, 6.45) is 1.31. The molecule has 4 nitrogen and oxygen atoms in total. The number of likely N-dealkylation sites (tertiary alicyclic amines) is 1. The average molecular weight is 375 g/mol. The molecule has 1 atom stereocenters. The summed E-state index contributed by atoms with van der Waals surface area (Å²) in [5.74, 6) is 0.177. The van der Waals surface area contributed by atoms with Gasteiger partial charge in [0.1, 0.15) is 5.75 Å². The second kappa shape index (κ2) is 6.09. The van der Waals surface area contributed by atoms with Crippen LogP contribution in [0.15, 0.2) is 18.2 Å². The van der Waals surface area contributed by atoms with Gasteiger partial charge in [0.25, 0.3) is 5.91 Å². The third-order valence-corrected chi connectivity index (χ3v) is 4.37. The van der Waals surface area contributed by atoms with Crippen molar-refractivity contribution in [2.45, 2.75) is 25.9 Å². The van der Waals surface area contributed by atoms with E-state index in [1.54, 1.807) is 30.0 Å². The molecule has 0 aromatic heterocycles. The van der Waals surface area contributed by atoms with Gasteiger partial charge in [0.2, 0.25) is 0 Å². The number of benzene rings is 1. The lowest BCUT2D eigenvalue weighted by molar-refractivity contribution is 0.0519. The molecular weight excluding hydrogens is 357 g/mol. The van der Waals surface area contributed by atoms with Crippen molar-refractivity contribution >= 4 is 28.5 Å². The molecule has 1 aromatic carbocycles. The lowest BCUT2D eigenvalue weighted by atomic mass is 9.92. The Labute approximate surface area is 126 Å². The molecule has 19 heavy (non-hydrogen) atoms. The molecule has 0 bridgehead atoms. The van der Waals surface area contributed by atoms with Gasteiger partial charge in [-0.3, -0.25) is 4.79 Å². The van der Waals surface area contributed by atoms with Gasteiger partial charge in [-0.25, -0.2) is 0 Å². The number of aliphatic hydroxyl groups is 1. The minimum atomic E-state index is -0.316. The number of nitrogens with zero attached hydrogens (tertiary/aromatic N) is 1. The maximum atomic E-state index is 12.3. The zero-order chi connectivity index (χ0) is 14.0. The van der Waals surface area contributed by atoms with E-state index in [2.05, 4.69) is 22.6 Å². The van der Waals surface area contributed by atoms with E-state index in [1.807, 2.05) is 0 Å². The molecule has 1 heterocycles. The zero-order valence-electron chi connectivity index (χ0n) is 10.8. The van der Waals surface area contributed by atoms with E-state index in [0.29, 0.717) is 18.7 Å². The summed E-state index contributed by atoms with van der Waals surface area (Å²) in [5.41, 5.74) is 0.363. The molecule has 1 saturated heterocycles. The molecule has 1 aliphatic heterocycles. The van der Waals surface area contributed by atoms with Crippen LogP contribution in [-0.4, -0.2) is 40.2 Å². The number of aromatic hydroxyl groups is 1. The van der Waals surface area contributed by atoms with Gasteiger partial charge in [-0.15, -0.1) is 0 Å². The van der Waals surface area contributed by atoms with Crippen LogP contribution >= 0.6 is 22.6 Å². The number of hydrogen-bond acceptors (Lipinski definition) is 3. The van der Waals surface area contributed by atoms with Crippen LogP contribution in [0.1, 0.15) is 30.1 Å². The molecule has 1 aliphatic rings. The minimum absolute atomic E-state index is 0.0306. The van der Waals surface area contributed by atoms with E-state index >= 15 is 0 Å². The van der Waals surface area contributed by atoms with Crippen LogP contribution in [0.25, 0.3) is 0 Å². The van der Waals surface area contributed by atoms with Crippen molar-refractivity contribution in [1.82, 2.24) is 4.90 Å². The summed E-state index contributed by atoms with van der Waals surface area (Å²) in [5, 5.41) is 19.3. The Morgan fingerprint density at radius 2 is 2.05 bits per heavy atom. The van der Waals surface area contributed by atoms with Crippen molar-refractivity contribution in [1.29, 1.82) is 0 Å². The highest BCUT2D eigenvalue weighted by Crippen LogP contribution is 2.25. The molecule has 5 heteroatoms. The number of amides is 1. The molecule has 2 rings (SSSR count). The summed E-state index contributed by atoms with van der Waals surface area (Å²) in [4.78, 5) is 14.1. The highest BCUT2D eigenvalue weighted by Gasteiger charge is 2.27. The maximum absolute atomic E-state index is 12.3. The first-order chi connectivity index (χ1) is 8.99. The predicted octanol–water partition coefficient (Wildman–Crippen LogP) is 2.23. The largest absolute Gasteiger partial charge is 0.507 e. The van der Waals surface area contributed by atoms with Crippen molar-refractivity contribution in [2.24, 2.45) is 5.92 Å². The van der Waals surface area contributed by atoms with Crippen molar-refractivity contribution < 1.29 is 15.0 Å². The lowest BCUT2D eigenvalue weighted by Crippen LogP contribution is -2.40. The van der Waals surface area contributed by atoms with E-state index in [-0.39, 0.29) is 23.7 Å². The number of carbonyl (C=O) groups is 1. The molecule has 1 fully saturated rings. The molecular formula is C14H18INO3. The van der Waals surface area contributed by atoms with Gasteiger partial charge in [-0.2, -0.15) is 0 Å². The van der Waals surface area contributed by atoms with Crippen LogP contribution in [0.3, 0.4) is 0 Å². The van der Waals surface area contributed by atoms with E-state index in [0.717, 1.165) is 16.4 Å². The Bertz CT molecular complexity index is 468. The topological polar surface area (TPSA) is 60.8 Å². The highest BCUT2D eigenvalue weighted by atomic mass is 127. The summed E-state index contributed by atoms with van der Waals surface area (Å²) in [6, 6.07) is 5.03. The second-order valence-corrected chi connectivity index (χ2v) is 6.28. The first kappa shape index (κ1) is 14.6. The summed E-state index contributed by atoms with van der Waals surface area (Å²) >= 11 is 2.12. The van der Waals surface area contributed by atoms with Gasteiger partial charge in [0.15, 0.2) is 0 Å². The SMILES string of the molecule is CC(O)C1CCN(C(=O)c2cc(I)ccc2O)CC1. The summed E-state index contributed by atoms with van der Waals surface area (Å²) in [6.45, 7) is 3.08. The number of aliphatic hydroxyl groups excluding tert-OH is 1. The molecule has 0 spiro atoms. The van der Waals surface area contributed by atoms with Gasteiger partial charge < -0.3 is 15.1 Å². The molecule has 1 unspecified atom stereocenters. The second-order valence-electron chi connectivity index (χ2n) is 5.03. The third-order valence-electron chi connectivity index (χ3n) is 3.70. The van der Waals surface area contributed by atoms with E-state index in [4.69, 9.17) is 0 Å². The van der Waals surface area contributed by atoms with Gasteiger partial charge in [-0.1, -0.05) is 0 Å². The molecule has 0 saturated carbocycles. The number of phenolic OH excluding ortho intramolecular Hbond substituents is 1. The molecule has 1 aromatic rings. The first-order valence-electron chi connectivity index (χ1n) is 6.45. The summed E-state index contributed by atoms with van der Waals surface area (Å²) < 4.78 is 0.928. The minimum Gasteiger partial charge on any atom is -0.507 e. The molecule has 1 amide bonds. The molecule has 0 aliphatic carbocycles. The Hall–Kier alpha value is -0.820. The molecule has 2 N–H and O–H groups in total. The van der Waals surface area contributed by atoms with Crippen LogP contribution < -0.4 is 0 Å². The van der Waals surface area contributed by atoms with Gasteiger partial charge >= 0.3 is 0 Å². The van der Waals surface area contributed by atoms with Crippen molar-refractivity contribution in [2.75, 3.05) is 13.1 Å². The number of phenols is 1.